The number of carbonyl (C=O) groups is 1. The fraction of sp³-hybridized carbons (Fsp3) is 0.933. The normalized spacial score (nSPS) is 36.3. The molecule has 0 aromatic carbocycles. The molecule has 1 N–H and O–H groups in total. The van der Waals surface area contributed by atoms with Crippen LogP contribution in [0.15, 0.2) is 0 Å². The van der Waals surface area contributed by atoms with Crippen LogP contribution in [0.2, 0.25) is 0 Å². The van der Waals surface area contributed by atoms with Gasteiger partial charge in [0, 0.05) is 31.2 Å². The van der Waals surface area contributed by atoms with E-state index in [4.69, 9.17) is 0 Å². The van der Waals surface area contributed by atoms with Crippen molar-refractivity contribution < 1.29 is 4.79 Å². The standard InChI is InChI=1S/C15H27N3O/c1-11(2)16-14-6-9-18(15(14)19)13-5-8-17-7-3-4-12(17)10-13/h11-14,16H,3-10H2,1-2H3. The van der Waals surface area contributed by atoms with Gasteiger partial charge in [-0.3, -0.25) is 4.79 Å². The van der Waals surface area contributed by atoms with E-state index in [1.165, 1.54) is 38.8 Å². The molecule has 0 bridgehead atoms. The number of hydrogen-bond acceptors (Lipinski definition) is 3. The lowest BCUT2D eigenvalue weighted by molar-refractivity contribution is -0.132. The van der Waals surface area contributed by atoms with Crippen molar-refractivity contribution in [3.63, 3.8) is 0 Å². The third-order valence-electron chi connectivity index (χ3n) is 5.01. The van der Waals surface area contributed by atoms with Gasteiger partial charge < -0.3 is 15.1 Å². The zero-order chi connectivity index (χ0) is 13.4. The van der Waals surface area contributed by atoms with Gasteiger partial charge in [-0.05, 0) is 38.6 Å². The Kier molecular flexibility index (Phi) is 3.81. The Morgan fingerprint density at radius 2 is 1.95 bits per heavy atom. The number of hydrogen-bond donors (Lipinski definition) is 1. The summed E-state index contributed by atoms with van der Waals surface area (Å²) in [6.07, 6.45) is 6.06. The summed E-state index contributed by atoms with van der Waals surface area (Å²) in [5, 5.41) is 3.41. The molecule has 3 aliphatic heterocycles. The maximum Gasteiger partial charge on any atom is 0.240 e. The van der Waals surface area contributed by atoms with Crippen molar-refractivity contribution >= 4 is 5.91 Å². The average Bonchev–Trinajstić information content (AvgIpc) is 2.96. The number of nitrogens with one attached hydrogen (secondary N) is 1. The van der Waals surface area contributed by atoms with Crippen LogP contribution in [0.5, 0.6) is 0 Å². The lowest BCUT2D eigenvalue weighted by Crippen LogP contribution is -2.50. The molecule has 3 rings (SSSR count). The minimum atomic E-state index is 0.0709. The molecule has 0 radical (unpaired) electrons. The molecule has 1 amide bonds. The van der Waals surface area contributed by atoms with E-state index in [0.29, 0.717) is 18.0 Å². The molecule has 3 unspecified atom stereocenters. The summed E-state index contributed by atoms with van der Waals surface area (Å²) in [6, 6.07) is 1.72. The molecular formula is C15H27N3O. The summed E-state index contributed by atoms with van der Waals surface area (Å²) >= 11 is 0. The van der Waals surface area contributed by atoms with Gasteiger partial charge in [-0.15, -0.1) is 0 Å². The van der Waals surface area contributed by atoms with Gasteiger partial charge in [0.05, 0.1) is 6.04 Å². The fourth-order valence-corrected chi connectivity index (χ4v) is 4.11. The minimum absolute atomic E-state index is 0.0709. The maximum absolute atomic E-state index is 12.5. The first-order valence-electron chi connectivity index (χ1n) is 7.95. The zero-order valence-corrected chi connectivity index (χ0v) is 12.3. The smallest absolute Gasteiger partial charge is 0.240 e. The lowest BCUT2D eigenvalue weighted by Gasteiger charge is -2.39. The first-order valence-corrected chi connectivity index (χ1v) is 7.95. The molecule has 3 saturated heterocycles. The summed E-state index contributed by atoms with van der Waals surface area (Å²) in [5.74, 6) is 0.352. The molecule has 0 aromatic rings. The molecule has 3 atom stereocenters. The van der Waals surface area contributed by atoms with Crippen LogP contribution in [-0.4, -0.2) is 59.5 Å². The molecule has 4 heteroatoms. The third kappa shape index (κ3) is 2.65. The van der Waals surface area contributed by atoms with Crippen molar-refractivity contribution in [2.75, 3.05) is 19.6 Å². The van der Waals surface area contributed by atoms with Crippen LogP contribution < -0.4 is 5.32 Å². The highest BCUT2D eigenvalue weighted by atomic mass is 16.2. The average molecular weight is 265 g/mol. The predicted molar refractivity (Wildman–Crippen MR) is 76.0 cm³/mol. The second-order valence-electron chi connectivity index (χ2n) is 6.70. The fourth-order valence-electron chi connectivity index (χ4n) is 4.11. The number of fused-ring (bicyclic) bond motifs is 1. The van der Waals surface area contributed by atoms with Gasteiger partial charge in [-0.1, -0.05) is 13.8 Å². The molecule has 0 aromatic heterocycles. The van der Waals surface area contributed by atoms with Crippen LogP contribution in [0.3, 0.4) is 0 Å². The summed E-state index contributed by atoms with van der Waals surface area (Å²) in [4.78, 5) is 17.3. The van der Waals surface area contributed by atoms with E-state index in [2.05, 4.69) is 29.0 Å². The van der Waals surface area contributed by atoms with E-state index in [1.807, 2.05) is 0 Å². The Hall–Kier alpha value is -0.610. The quantitative estimate of drug-likeness (QED) is 0.833. The lowest BCUT2D eigenvalue weighted by atomic mass is 9.96. The Morgan fingerprint density at radius 1 is 1.11 bits per heavy atom. The highest BCUT2D eigenvalue weighted by Gasteiger charge is 2.40. The predicted octanol–water partition coefficient (Wildman–Crippen LogP) is 1.21. The van der Waals surface area contributed by atoms with Crippen LogP contribution in [0.4, 0.5) is 0 Å². The first kappa shape index (κ1) is 13.4. The van der Waals surface area contributed by atoms with Crippen molar-refractivity contribution in [3.8, 4) is 0 Å². The van der Waals surface area contributed by atoms with Crippen LogP contribution in [-0.2, 0) is 4.79 Å². The Bertz CT molecular complexity index is 344. The highest BCUT2D eigenvalue weighted by molar-refractivity contribution is 5.84. The first-order chi connectivity index (χ1) is 9.15. The van der Waals surface area contributed by atoms with E-state index >= 15 is 0 Å². The SMILES string of the molecule is CC(C)NC1CCN(C2CCN3CCCC3C2)C1=O. The number of piperidine rings is 1. The summed E-state index contributed by atoms with van der Waals surface area (Å²) in [5.41, 5.74) is 0. The van der Waals surface area contributed by atoms with Gasteiger partial charge in [0.15, 0.2) is 0 Å². The molecule has 4 nitrogen and oxygen atoms in total. The molecule has 3 fully saturated rings. The molecule has 108 valence electrons. The van der Waals surface area contributed by atoms with Gasteiger partial charge >= 0.3 is 0 Å². The second kappa shape index (κ2) is 5.41. The molecule has 0 saturated carbocycles. The van der Waals surface area contributed by atoms with Gasteiger partial charge in [-0.25, -0.2) is 0 Å². The number of rotatable bonds is 3. The van der Waals surface area contributed by atoms with E-state index in [9.17, 15) is 4.79 Å². The van der Waals surface area contributed by atoms with Crippen LogP contribution in [0, 0.1) is 0 Å². The van der Waals surface area contributed by atoms with Gasteiger partial charge in [0.1, 0.15) is 0 Å². The van der Waals surface area contributed by atoms with Gasteiger partial charge in [-0.2, -0.15) is 0 Å². The molecule has 3 heterocycles. The van der Waals surface area contributed by atoms with E-state index < -0.39 is 0 Å². The molecule has 19 heavy (non-hydrogen) atoms. The number of carbonyl (C=O) groups excluding carboxylic acids is 1. The van der Waals surface area contributed by atoms with Crippen molar-refractivity contribution in [1.29, 1.82) is 0 Å². The van der Waals surface area contributed by atoms with E-state index in [0.717, 1.165) is 19.0 Å². The zero-order valence-electron chi connectivity index (χ0n) is 12.3. The van der Waals surface area contributed by atoms with E-state index in [-0.39, 0.29) is 6.04 Å². The largest absolute Gasteiger partial charge is 0.338 e. The van der Waals surface area contributed by atoms with Gasteiger partial charge in [0.2, 0.25) is 5.91 Å². The number of amides is 1. The number of nitrogens with zero attached hydrogens (tertiary/aromatic N) is 2. The van der Waals surface area contributed by atoms with Gasteiger partial charge in [0.25, 0.3) is 0 Å². The van der Waals surface area contributed by atoms with Crippen molar-refractivity contribution in [2.24, 2.45) is 0 Å². The number of likely N-dealkylation sites (tertiary alicyclic amines) is 1. The maximum atomic E-state index is 12.5. The monoisotopic (exact) mass is 265 g/mol. The third-order valence-corrected chi connectivity index (χ3v) is 5.01. The van der Waals surface area contributed by atoms with Crippen molar-refractivity contribution in [3.05, 3.63) is 0 Å². The molecular weight excluding hydrogens is 238 g/mol. The summed E-state index contributed by atoms with van der Waals surface area (Å²) < 4.78 is 0. The summed E-state index contributed by atoms with van der Waals surface area (Å²) in [6.45, 7) is 7.67. The summed E-state index contributed by atoms with van der Waals surface area (Å²) in [7, 11) is 0. The molecule has 0 spiro atoms. The topological polar surface area (TPSA) is 35.6 Å². The molecule has 3 aliphatic rings. The van der Waals surface area contributed by atoms with Crippen molar-refractivity contribution in [2.45, 2.75) is 70.1 Å². The van der Waals surface area contributed by atoms with Crippen LogP contribution in [0.25, 0.3) is 0 Å². The Balaban J connectivity index is 1.59. The van der Waals surface area contributed by atoms with Crippen LogP contribution in [0.1, 0.15) is 46.0 Å². The van der Waals surface area contributed by atoms with Crippen LogP contribution >= 0.6 is 0 Å². The Morgan fingerprint density at radius 3 is 2.74 bits per heavy atom. The highest BCUT2D eigenvalue weighted by Crippen LogP contribution is 2.31. The van der Waals surface area contributed by atoms with Crippen molar-refractivity contribution in [1.82, 2.24) is 15.1 Å². The second-order valence-corrected chi connectivity index (χ2v) is 6.70. The molecule has 0 aliphatic carbocycles. The minimum Gasteiger partial charge on any atom is -0.338 e. The van der Waals surface area contributed by atoms with E-state index in [1.54, 1.807) is 0 Å². The Labute approximate surface area is 116 Å².